The Bertz CT molecular complexity index is 1230. The highest BCUT2D eigenvalue weighted by Gasteiger charge is 2.42. The molecule has 2 heterocycles. The van der Waals surface area contributed by atoms with Crippen LogP contribution < -0.4 is 10.2 Å². The van der Waals surface area contributed by atoms with Crippen molar-refractivity contribution in [3.8, 4) is 0 Å². The number of hydrogen-bond donors (Lipinski definition) is 1. The van der Waals surface area contributed by atoms with E-state index in [4.69, 9.17) is 0 Å². The monoisotopic (exact) mass is 482 g/mol. The van der Waals surface area contributed by atoms with Crippen LogP contribution in [0.15, 0.2) is 70.9 Å². The lowest BCUT2D eigenvalue weighted by Gasteiger charge is -2.40. The van der Waals surface area contributed by atoms with Gasteiger partial charge in [-0.25, -0.2) is 8.42 Å². The topological polar surface area (TPSA) is 83.5 Å². The zero-order valence-electron chi connectivity index (χ0n) is 18.5. The summed E-state index contributed by atoms with van der Waals surface area (Å²) >= 11 is 1.53. The fourth-order valence-electron chi connectivity index (χ4n) is 4.11. The molecule has 0 bridgehead atoms. The van der Waals surface area contributed by atoms with E-state index in [-0.39, 0.29) is 28.9 Å². The highest BCUT2D eigenvalue weighted by Crippen LogP contribution is 2.42. The molecule has 1 saturated heterocycles. The third-order valence-electron chi connectivity index (χ3n) is 5.94. The van der Waals surface area contributed by atoms with Gasteiger partial charge in [-0.15, -0.1) is 11.3 Å². The van der Waals surface area contributed by atoms with E-state index < -0.39 is 21.8 Å². The summed E-state index contributed by atoms with van der Waals surface area (Å²) in [5.74, 6) is -0.618. The molecule has 172 valence electrons. The Kier molecular flexibility index (Phi) is 6.67. The number of benzene rings is 2. The molecule has 2 amide bonds. The summed E-state index contributed by atoms with van der Waals surface area (Å²) in [5, 5.41) is 4.88. The molecule has 0 spiro atoms. The van der Waals surface area contributed by atoms with Gasteiger partial charge in [0.2, 0.25) is 11.8 Å². The van der Waals surface area contributed by atoms with Crippen molar-refractivity contribution in [3.63, 3.8) is 0 Å². The van der Waals surface area contributed by atoms with E-state index in [2.05, 4.69) is 5.32 Å². The summed E-state index contributed by atoms with van der Waals surface area (Å²) in [6, 6.07) is 17.5. The number of carbonyl (C=O) groups excluding carboxylic acids is 2. The van der Waals surface area contributed by atoms with Crippen molar-refractivity contribution in [3.05, 3.63) is 76.5 Å². The molecule has 3 aromatic rings. The standard InChI is InChI=1S/C25H26N2O4S2/c1-3-33(30,31)20-12-8-18(9-13-20)26-25(29)21-14-15-23(28)27(19-10-6-17(2)7-11-19)24(21)22-5-4-16-32-22/h4-13,16,21,24H,3,14-15H2,1-2H3,(H,26,29). The maximum Gasteiger partial charge on any atom is 0.229 e. The summed E-state index contributed by atoms with van der Waals surface area (Å²) in [5.41, 5.74) is 2.40. The van der Waals surface area contributed by atoms with Crippen molar-refractivity contribution in [2.24, 2.45) is 5.92 Å². The zero-order valence-corrected chi connectivity index (χ0v) is 20.2. The number of sulfone groups is 1. The third-order valence-corrected chi connectivity index (χ3v) is 8.64. The van der Waals surface area contributed by atoms with Crippen LogP contribution in [0.4, 0.5) is 11.4 Å². The van der Waals surface area contributed by atoms with Crippen LogP contribution in [-0.4, -0.2) is 26.0 Å². The van der Waals surface area contributed by atoms with Crippen molar-refractivity contribution < 1.29 is 18.0 Å². The van der Waals surface area contributed by atoms with E-state index >= 15 is 0 Å². The first-order chi connectivity index (χ1) is 15.8. The van der Waals surface area contributed by atoms with Crippen LogP contribution in [-0.2, 0) is 19.4 Å². The Morgan fingerprint density at radius 3 is 2.39 bits per heavy atom. The first-order valence-corrected chi connectivity index (χ1v) is 13.4. The van der Waals surface area contributed by atoms with Gasteiger partial charge in [0, 0.05) is 22.7 Å². The van der Waals surface area contributed by atoms with Crippen LogP contribution >= 0.6 is 11.3 Å². The van der Waals surface area contributed by atoms with Crippen molar-refractivity contribution in [1.29, 1.82) is 0 Å². The molecule has 8 heteroatoms. The summed E-state index contributed by atoms with van der Waals surface area (Å²) in [7, 11) is -3.30. The first kappa shape index (κ1) is 23.2. The Morgan fingerprint density at radius 2 is 1.79 bits per heavy atom. The summed E-state index contributed by atoms with van der Waals surface area (Å²) in [4.78, 5) is 29.3. The summed E-state index contributed by atoms with van der Waals surface area (Å²) in [6.45, 7) is 3.59. The second-order valence-corrected chi connectivity index (χ2v) is 11.4. The number of rotatable bonds is 6. The van der Waals surface area contributed by atoms with Gasteiger partial charge in [-0.1, -0.05) is 30.7 Å². The number of nitrogens with one attached hydrogen (secondary N) is 1. The molecule has 4 rings (SSSR count). The molecular weight excluding hydrogens is 456 g/mol. The fraction of sp³-hybridized carbons (Fsp3) is 0.280. The number of anilines is 2. The Hall–Kier alpha value is -2.97. The van der Waals surface area contributed by atoms with Gasteiger partial charge in [-0.2, -0.15) is 0 Å². The lowest BCUT2D eigenvalue weighted by Crippen LogP contribution is -2.46. The Balaban J connectivity index is 1.63. The molecule has 6 nitrogen and oxygen atoms in total. The van der Waals surface area contributed by atoms with E-state index in [1.807, 2.05) is 48.7 Å². The lowest BCUT2D eigenvalue weighted by molar-refractivity contribution is -0.125. The third kappa shape index (κ3) is 4.86. The average molecular weight is 483 g/mol. The maximum atomic E-state index is 13.4. The highest BCUT2D eigenvalue weighted by molar-refractivity contribution is 7.91. The molecule has 33 heavy (non-hydrogen) atoms. The van der Waals surface area contributed by atoms with Gasteiger partial charge in [-0.05, 0) is 61.2 Å². The van der Waals surface area contributed by atoms with Crippen LogP contribution in [0.25, 0.3) is 0 Å². The number of aryl methyl sites for hydroxylation is 1. The first-order valence-electron chi connectivity index (χ1n) is 10.9. The number of nitrogens with zero attached hydrogens (tertiary/aromatic N) is 1. The molecule has 2 unspecified atom stereocenters. The van der Waals surface area contributed by atoms with Crippen molar-refractivity contribution in [2.45, 2.75) is 37.6 Å². The van der Waals surface area contributed by atoms with E-state index in [0.29, 0.717) is 12.1 Å². The smallest absolute Gasteiger partial charge is 0.229 e. The molecular formula is C25H26N2O4S2. The molecule has 0 saturated carbocycles. The summed E-state index contributed by atoms with van der Waals surface area (Å²) in [6.07, 6.45) is 0.722. The minimum atomic E-state index is -3.30. The number of thiophene rings is 1. The predicted molar refractivity (Wildman–Crippen MR) is 131 cm³/mol. The normalized spacial score (nSPS) is 18.8. The molecule has 2 aromatic carbocycles. The van der Waals surface area contributed by atoms with Crippen LogP contribution in [0.2, 0.25) is 0 Å². The van der Waals surface area contributed by atoms with E-state index in [0.717, 1.165) is 16.1 Å². The molecule has 1 fully saturated rings. The van der Waals surface area contributed by atoms with Crippen LogP contribution in [0.1, 0.15) is 36.2 Å². The van der Waals surface area contributed by atoms with Gasteiger partial charge in [0.15, 0.2) is 9.84 Å². The van der Waals surface area contributed by atoms with E-state index in [1.54, 1.807) is 24.0 Å². The van der Waals surface area contributed by atoms with E-state index in [9.17, 15) is 18.0 Å². The van der Waals surface area contributed by atoms with Gasteiger partial charge in [0.1, 0.15) is 0 Å². The number of hydrogen-bond acceptors (Lipinski definition) is 5. The molecule has 1 aliphatic heterocycles. The fourth-order valence-corrected chi connectivity index (χ4v) is 5.87. The highest BCUT2D eigenvalue weighted by atomic mass is 32.2. The van der Waals surface area contributed by atoms with Crippen LogP contribution in [0, 0.1) is 12.8 Å². The van der Waals surface area contributed by atoms with Crippen molar-refractivity contribution in [1.82, 2.24) is 0 Å². The quantitative estimate of drug-likeness (QED) is 0.537. The lowest BCUT2D eigenvalue weighted by atomic mass is 9.86. The molecule has 0 radical (unpaired) electrons. The SMILES string of the molecule is CCS(=O)(=O)c1ccc(NC(=O)C2CCC(=O)N(c3ccc(C)cc3)C2c2cccs2)cc1. The Morgan fingerprint density at radius 1 is 1.09 bits per heavy atom. The minimum absolute atomic E-state index is 0.00423. The maximum absolute atomic E-state index is 13.4. The molecule has 1 aromatic heterocycles. The van der Waals surface area contributed by atoms with Crippen LogP contribution in [0.3, 0.4) is 0 Å². The summed E-state index contributed by atoms with van der Waals surface area (Å²) < 4.78 is 24.1. The van der Waals surface area contributed by atoms with Crippen molar-refractivity contribution >= 4 is 44.4 Å². The second kappa shape index (κ2) is 9.49. The number of amides is 2. The van der Waals surface area contributed by atoms with Gasteiger partial charge < -0.3 is 10.2 Å². The Labute approximate surface area is 198 Å². The molecule has 1 N–H and O–H groups in total. The second-order valence-electron chi connectivity index (χ2n) is 8.12. The average Bonchev–Trinajstić information content (AvgIpc) is 3.34. The number of carbonyl (C=O) groups is 2. The van der Waals surface area contributed by atoms with Gasteiger partial charge >= 0.3 is 0 Å². The molecule has 2 atom stereocenters. The zero-order chi connectivity index (χ0) is 23.6. The largest absolute Gasteiger partial charge is 0.326 e. The molecule has 0 aliphatic carbocycles. The van der Waals surface area contributed by atoms with Gasteiger partial charge in [-0.3, -0.25) is 9.59 Å². The van der Waals surface area contributed by atoms with Gasteiger partial charge in [0.05, 0.1) is 22.6 Å². The van der Waals surface area contributed by atoms with Crippen LogP contribution in [0.5, 0.6) is 0 Å². The predicted octanol–water partition coefficient (Wildman–Crippen LogP) is 4.97. The van der Waals surface area contributed by atoms with E-state index in [1.165, 1.54) is 23.5 Å². The van der Waals surface area contributed by atoms with Crippen molar-refractivity contribution in [2.75, 3.05) is 16.0 Å². The van der Waals surface area contributed by atoms with Gasteiger partial charge in [0.25, 0.3) is 0 Å². The molecule has 1 aliphatic rings. The minimum Gasteiger partial charge on any atom is -0.326 e. The number of piperidine rings is 1.